The van der Waals surface area contributed by atoms with Crippen LogP contribution in [0.15, 0.2) is 4.99 Å². The summed E-state index contributed by atoms with van der Waals surface area (Å²) in [6.07, 6.45) is 1.44. The van der Waals surface area contributed by atoms with E-state index in [1.807, 2.05) is 11.8 Å². The zero-order valence-electron chi connectivity index (χ0n) is 15.1. The van der Waals surface area contributed by atoms with Crippen molar-refractivity contribution in [2.45, 2.75) is 39.7 Å². The minimum Gasteiger partial charge on any atom is -0.356 e. The molecule has 1 rings (SSSR count). The predicted molar refractivity (Wildman–Crippen MR) is 92.2 cm³/mol. The summed E-state index contributed by atoms with van der Waals surface area (Å²) in [5.74, 6) is 1.27. The van der Waals surface area contributed by atoms with Crippen LogP contribution in [0.2, 0.25) is 0 Å². The van der Waals surface area contributed by atoms with E-state index in [-0.39, 0.29) is 24.4 Å². The van der Waals surface area contributed by atoms with Crippen LogP contribution in [0.3, 0.4) is 0 Å². The number of hydrogen-bond donors (Lipinski definition) is 2. The Morgan fingerprint density at radius 1 is 1.35 bits per heavy atom. The van der Waals surface area contributed by atoms with Crippen molar-refractivity contribution < 1.29 is 9.59 Å². The highest BCUT2D eigenvalue weighted by Gasteiger charge is 2.25. The highest BCUT2D eigenvalue weighted by Crippen LogP contribution is 2.10. The summed E-state index contributed by atoms with van der Waals surface area (Å²) >= 11 is 0. The Kier molecular flexibility index (Phi) is 7.85. The maximum Gasteiger partial charge on any atom is 0.243 e. The third kappa shape index (κ3) is 6.88. The summed E-state index contributed by atoms with van der Waals surface area (Å²) in [6, 6.07) is 0.179. The maximum absolute atomic E-state index is 11.8. The zero-order chi connectivity index (χ0) is 17.4. The highest BCUT2D eigenvalue weighted by molar-refractivity contribution is 5.85. The van der Waals surface area contributed by atoms with Gasteiger partial charge in [-0.2, -0.15) is 0 Å². The van der Waals surface area contributed by atoms with E-state index in [0.29, 0.717) is 24.8 Å². The fourth-order valence-corrected chi connectivity index (χ4v) is 2.26. The van der Waals surface area contributed by atoms with Crippen molar-refractivity contribution in [3.05, 3.63) is 0 Å². The lowest BCUT2D eigenvalue weighted by Gasteiger charge is -2.20. The van der Waals surface area contributed by atoms with Crippen LogP contribution in [0.5, 0.6) is 0 Å². The Morgan fingerprint density at radius 3 is 2.61 bits per heavy atom. The maximum atomic E-state index is 11.8. The first kappa shape index (κ1) is 19.3. The molecule has 1 fully saturated rings. The molecular formula is C16H31N5O2. The lowest BCUT2D eigenvalue weighted by Crippen LogP contribution is -2.46. The quantitative estimate of drug-likeness (QED) is 0.543. The van der Waals surface area contributed by atoms with Crippen molar-refractivity contribution >= 4 is 17.8 Å². The summed E-state index contributed by atoms with van der Waals surface area (Å²) in [4.78, 5) is 31.2. The molecule has 1 aliphatic heterocycles. The van der Waals surface area contributed by atoms with Crippen LogP contribution in [-0.4, -0.2) is 73.9 Å². The second-order valence-corrected chi connectivity index (χ2v) is 6.55. The molecule has 1 atom stereocenters. The van der Waals surface area contributed by atoms with E-state index in [9.17, 15) is 9.59 Å². The van der Waals surface area contributed by atoms with Gasteiger partial charge in [-0.3, -0.25) is 9.59 Å². The van der Waals surface area contributed by atoms with Crippen molar-refractivity contribution in [2.24, 2.45) is 10.9 Å². The van der Waals surface area contributed by atoms with Crippen LogP contribution in [-0.2, 0) is 9.59 Å². The number of likely N-dealkylation sites (N-methyl/N-ethyl adjacent to an activating group) is 1. The number of nitrogens with zero attached hydrogens (tertiary/aromatic N) is 3. The van der Waals surface area contributed by atoms with Gasteiger partial charge in [0.1, 0.15) is 6.54 Å². The lowest BCUT2D eigenvalue weighted by molar-refractivity contribution is -0.130. The molecule has 1 saturated heterocycles. The standard InChI is InChI=1S/C16H31N5O2/c1-6-14(22)21-8-7-13(11-21)19-16(17-9-12(2)3)18-10-15(23)20(4)5/h12-13H,6-11H2,1-5H3,(H2,17,18,19). The van der Waals surface area contributed by atoms with Gasteiger partial charge in [-0.05, 0) is 12.3 Å². The number of carbonyl (C=O) groups excluding carboxylic acids is 2. The Balaban J connectivity index is 2.60. The Labute approximate surface area is 139 Å². The fraction of sp³-hybridized carbons (Fsp3) is 0.812. The van der Waals surface area contributed by atoms with Crippen LogP contribution in [0.25, 0.3) is 0 Å². The van der Waals surface area contributed by atoms with E-state index in [0.717, 1.165) is 19.5 Å². The molecule has 0 bridgehead atoms. The van der Waals surface area contributed by atoms with Gasteiger partial charge in [0.15, 0.2) is 5.96 Å². The molecule has 1 aliphatic rings. The summed E-state index contributed by atoms with van der Waals surface area (Å²) < 4.78 is 0. The average Bonchev–Trinajstić information content (AvgIpc) is 2.97. The summed E-state index contributed by atoms with van der Waals surface area (Å²) in [5, 5.41) is 6.61. The molecule has 0 spiro atoms. The zero-order valence-corrected chi connectivity index (χ0v) is 15.1. The molecule has 0 radical (unpaired) electrons. The number of guanidine groups is 1. The van der Waals surface area contributed by atoms with Gasteiger partial charge in [-0.1, -0.05) is 20.8 Å². The van der Waals surface area contributed by atoms with Gasteiger partial charge in [0.2, 0.25) is 11.8 Å². The van der Waals surface area contributed by atoms with E-state index >= 15 is 0 Å². The number of carbonyl (C=O) groups is 2. The summed E-state index contributed by atoms with van der Waals surface area (Å²) in [5.41, 5.74) is 0. The highest BCUT2D eigenvalue weighted by atomic mass is 16.2. The molecule has 0 aromatic heterocycles. The van der Waals surface area contributed by atoms with Gasteiger partial charge in [0, 0.05) is 46.2 Å². The molecule has 1 unspecified atom stereocenters. The van der Waals surface area contributed by atoms with Gasteiger partial charge >= 0.3 is 0 Å². The molecule has 7 nitrogen and oxygen atoms in total. The largest absolute Gasteiger partial charge is 0.356 e. The molecule has 23 heavy (non-hydrogen) atoms. The fourth-order valence-electron chi connectivity index (χ4n) is 2.26. The SMILES string of the molecule is CCC(=O)N1CCC(NC(=NCC(=O)N(C)C)NCC(C)C)C1. The summed E-state index contributed by atoms with van der Waals surface area (Å²) in [6.45, 7) is 8.48. The first-order valence-corrected chi connectivity index (χ1v) is 8.36. The van der Waals surface area contributed by atoms with Crippen LogP contribution in [0, 0.1) is 5.92 Å². The molecule has 7 heteroatoms. The normalized spacial score (nSPS) is 18.3. The molecule has 0 saturated carbocycles. The lowest BCUT2D eigenvalue weighted by atomic mass is 10.2. The van der Waals surface area contributed by atoms with E-state index in [2.05, 4.69) is 29.5 Å². The van der Waals surface area contributed by atoms with E-state index < -0.39 is 0 Å². The molecule has 1 heterocycles. The van der Waals surface area contributed by atoms with Crippen molar-refractivity contribution in [1.29, 1.82) is 0 Å². The van der Waals surface area contributed by atoms with Gasteiger partial charge in [-0.15, -0.1) is 0 Å². The summed E-state index contributed by atoms with van der Waals surface area (Å²) in [7, 11) is 3.44. The second kappa shape index (κ2) is 9.37. The van der Waals surface area contributed by atoms with Crippen molar-refractivity contribution in [3.63, 3.8) is 0 Å². The predicted octanol–water partition coefficient (Wildman–Crippen LogP) is 0.277. The van der Waals surface area contributed by atoms with E-state index in [4.69, 9.17) is 0 Å². The van der Waals surface area contributed by atoms with Crippen molar-refractivity contribution in [2.75, 3.05) is 40.3 Å². The minimum atomic E-state index is -0.0372. The number of nitrogens with one attached hydrogen (secondary N) is 2. The van der Waals surface area contributed by atoms with E-state index in [1.165, 1.54) is 4.90 Å². The smallest absolute Gasteiger partial charge is 0.243 e. The van der Waals surface area contributed by atoms with Gasteiger partial charge < -0.3 is 20.4 Å². The van der Waals surface area contributed by atoms with Crippen LogP contribution in [0.1, 0.15) is 33.6 Å². The topological polar surface area (TPSA) is 77.0 Å². The average molecular weight is 325 g/mol. The molecule has 0 aliphatic carbocycles. The molecule has 132 valence electrons. The Hall–Kier alpha value is -1.79. The number of amides is 2. The van der Waals surface area contributed by atoms with Crippen LogP contribution >= 0.6 is 0 Å². The van der Waals surface area contributed by atoms with Crippen molar-refractivity contribution in [3.8, 4) is 0 Å². The van der Waals surface area contributed by atoms with E-state index in [1.54, 1.807) is 14.1 Å². The molecule has 0 aromatic rings. The first-order valence-electron chi connectivity index (χ1n) is 8.36. The van der Waals surface area contributed by atoms with Gasteiger partial charge in [0.05, 0.1) is 0 Å². The number of aliphatic imine (C=N–C) groups is 1. The minimum absolute atomic E-state index is 0.0372. The molecule has 2 N–H and O–H groups in total. The molecule has 0 aromatic carbocycles. The number of likely N-dealkylation sites (tertiary alicyclic amines) is 1. The number of hydrogen-bond acceptors (Lipinski definition) is 3. The third-order valence-corrected chi connectivity index (χ3v) is 3.73. The first-order chi connectivity index (χ1) is 10.8. The Bertz CT molecular complexity index is 434. The van der Waals surface area contributed by atoms with Crippen LogP contribution in [0.4, 0.5) is 0 Å². The van der Waals surface area contributed by atoms with Gasteiger partial charge in [0.25, 0.3) is 0 Å². The molecular weight excluding hydrogens is 294 g/mol. The monoisotopic (exact) mass is 325 g/mol. The van der Waals surface area contributed by atoms with Crippen molar-refractivity contribution in [1.82, 2.24) is 20.4 Å². The third-order valence-electron chi connectivity index (χ3n) is 3.73. The second-order valence-electron chi connectivity index (χ2n) is 6.55. The van der Waals surface area contributed by atoms with Crippen LogP contribution < -0.4 is 10.6 Å². The Morgan fingerprint density at radius 2 is 2.04 bits per heavy atom. The number of rotatable bonds is 6. The molecule has 2 amide bonds. The van der Waals surface area contributed by atoms with Gasteiger partial charge in [-0.25, -0.2) is 4.99 Å².